The van der Waals surface area contributed by atoms with E-state index >= 15 is 0 Å². The Bertz CT molecular complexity index is 931. The van der Waals surface area contributed by atoms with Gasteiger partial charge in [-0.3, -0.25) is 14.7 Å². The Morgan fingerprint density at radius 3 is 2.70 bits per heavy atom. The number of hydrogen-bond donors (Lipinski definition) is 1. The first-order valence-electron chi connectivity index (χ1n) is 9.16. The Morgan fingerprint density at radius 2 is 1.93 bits per heavy atom. The van der Waals surface area contributed by atoms with Crippen molar-refractivity contribution in [2.24, 2.45) is 5.92 Å². The summed E-state index contributed by atoms with van der Waals surface area (Å²) < 4.78 is 0. The highest BCUT2D eigenvalue weighted by atomic mass is 35.5. The predicted octanol–water partition coefficient (Wildman–Crippen LogP) is 4.13. The SMILES string of the molecule is O=C(Nc1ccc(Cl)cn1)C1CCN(Cc2cccc3cccnc23)CC1. The molecule has 5 nitrogen and oxygen atoms in total. The number of piperidine rings is 1. The van der Waals surface area contributed by atoms with Gasteiger partial charge in [0.25, 0.3) is 0 Å². The number of para-hydroxylation sites is 1. The zero-order valence-electron chi connectivity index (χ0n) is 14.9. The maximum absolute atomic E-state index is 12.5. The molecule has 27 heavy (non-hydrogen) atoms. The van der Waals surface area contributed by atoms with E-state index in [4.69, 9.17) is 11.6 Å². The largest absolute Gasteiger partial charge is 0.310 e. The zero-order chi connectivity index (χ0) is 18.6. The fourth-order valence-electron chi connectivity index (χ4n) is 3.57. The number of nitrogens with zero attached hydrogens (tertiary/aromatic N) is 3. The number of likely N-dealkylation sites (tertiary alicyclic amines) is 1. The molecule has 3 heterocycles. The number of carbonyl (C=O) groups is 1. The molecule has 1 fully saturated rings. The Hall–Kier alpha value is -2.50. The van der Waals surface area contributed by atoms with E-state index in [2.05, 4.69) is 44.5 Å². The van der Waals surface area contributed by atoms with E-state index in [1.165, 1.54) is 17.1 Å². The first-order chi connectivity index (χ1) is 13.2. The molecule has 2 aromatic heterocycles. The third-order valence-corrected chi connectivity index (χ3v) is 5.27. The van der Waals surface area contributed by atoms with Gasteiger partial charge in [-0.1, -0.05) is 35.9 Å². The van der Waals surface area contributed by atoms with E-state index in [0.717, 1.165) is 38.0 Å². The summed E-state index contributed by atoms with van der Waals surface area (Å²) in [5, 5.41) is 4.62. The minimum absolute atomic E-state index is 0.0179. The second-order valence-corrected chi connectivity index (χ2v) is 7.33. The smallest absolute Gasteiger partial charge is 0.228 e. The van der Waals surface area contributed by atoms with Crippen molar-refractivity contribution in [2.75, 3.05) is 18.4 Å². The molecule has 1 aromatic carbocycles. The molecule has 4 rings (SSSR count). The molecule has 6 heteroatoms. The zero-order valence-corrected chi connectivity index (χ0v) is 15.7. The normalized spacial score (nSPS) is 15.7. The molecule has 0 spiro atoms. The molecule has 3 aromatic rings. The molecular formula is C21H21ClN4O. The van der Waals surface area contributed by atoms with Gasteiger partial charge in [0.15, 0.2) is 0 Å². The number of hydrogen-bond acceptors (Lipinski definition) is 4. The highest BCUT2D eigenvalue weighted by Gasteiger charge is 2.25. The fourth-order valence-corrected chi connectivity index (χ4v) is 3.68. The van der Waals surface area contributed by atoms with Crippen LogP contribution < -0.4 is 5.32 Å². The summed E-state index contributed by atoms with van der Waals surface area (Å²) in [5.74, 6) is 0.606. The van der Waals surface area contributed by atoms with E-state index in [-0.39, 0.29) is 11.8 Å². The lowest BCUT2D eigenvalue weighted by Crippen LogP contribution is -2.37. The van der Waals surface area contributed by atoms with Gasteiger partial charge in [0.2, 0.25) is 5.91 Å². The van der Waals surface area contributed by atoms with Crippen LogP contribution >= 0.6 is 11.6 Å². The van der Waals surface area contributed by atoms with Crippen LogP contribution in [0, 0.1) is 5.92 Å². The van der Waals surface area contributed by atoms with Crippen molar-refractivity contribution in [1.82, 2.24) is 14.9 Å². The van der Waals surface area contributed by atoms with Gasteiger partial charge in [0, 0.05) is 30.2 Å². The molecule has 0 atom stereocenters. The van der Waals surface area contributed by atoms with Gasteiger partial charge in [0.05, 0.1) is 10.5 Å². The third kappa shape index (κ3) is 4.26. The van der Waals surface area contributed by atoms with Crippen LogP contribution in [0.1, 0.15) is 18.4 Å². The molecule has 138 valence electrons. The topological polar surface area (TPSA) is 58.1 Å². The standard InChI is InChI=1S/C21H21ClN4O/c22-18-6-7-19(24-13-18)25-21(27)16-8-11-26(12-9-16)14-17-4-1-3-15-5-2-10-23-20(15)17/h1-7,10,13,16H,8-9,11-12,14H2,(H,24,25,27). The maximum atomic E-state index is 12.5. The highest BCUT2D eigenvalue weighted by Crippen LogP contribution is 2.23. The van der Waals surface area contributed by atoms with Crippen LogP contribution in [0.15, 0.2) is 54.9 Å². The van der Waals surface area contributed by atoms with E-state index in [0.29, 0.717) is 10.8 Å². The van der Waals surface area contributed by atoms with Crippen LogP contribution in [-0.4, -0.2) is 33.9 Å². The Kier molecular flexibility index (Phi) is 5.32. The highest BCUT2D eigenvalue weighted by molar-refractivity contribution is 6.30. The number of fused-ring (bicyclic) bond motifs is 1. The van der Waals surface area contributed by atoms with Gasteiger partial charge in [-0.25, -0.2) is 4.98 Å². The van der Waals surface area contributed by atoms with Crippen molar-refractivity contribution in [2.45, 2.75) is 19.4 Å². The molecule has 1 aliphatic rings. The second-order valence-electron chi connectivity index (χ2n) is 6.89. The summed E-state index contributed by atoms with van der Waals surface area (Å²) in [5.41, 5.74) is 2.30. The average molecular weight is 381 g/mol. The number of pyridine rings is 2. The first kappa shape index (κ1) is 17.9. The van der Waals surface area contributed by atoms with Crippen LogP contribution in [-0.2, 0) is 11.3 Å². The van der Waals surface area contributed by atoms with Crippen molar-refractivity contribution in [3.05, 3.63) is 65.4 Å². The Balaban J connectivity index is 1.34. The van der Waals surface area contributed by atoms with Gasteiger partial charge in [-0.15, -0.1) is 0 Å². The van der Waals surface area contributed by atoms with Crippen LogP contribution in [0.5, 0.6) is 0 Å². The summed E-state index contributed by atoms with van der Waals surface area (Å²) in [6.45, 7) is 2.66. The molecule has 0 radical (unpaired) electrons. The fraction of sp³-hybridized carbons (Fsp3) is 0.286. The van der Waals surface area contributed by atoms with E-state index in [9.17, 15) is 4.79 Å². The second kappa shape index (κ2) is 8.03. The molecule has 0 unspecified atom stereocenters. The number of carbonyl (C=O) groups excluding carboxylic acids is 1. The van der Waals surface area contributed by atoms with E-state index < -0.39 is 0 Å². The van der Waals surface area contributed by atoms with Crippen LogP contribution in [0.25, 0.3) is 10.9 Å². The van der Waals surface area contributed by atoms with Gasteiger partial charge in [-0.2, -0.15) is 0 Å². The summed E-state index contributed by atoms with van der Waals surface area (Å²) in [6, 6.07) is 13.8. The lowest BCUT2D eigenvalue weighted by Gasteiger charge is -2.31. The van der Waals surface area contributed by atoms with Crippen molar-refractivity contribution in [3.63, 3.8) is 0 Å². The Morgan fingerprint density at radius 1 is 1.11 bits per heavy atom. The van der Waals surface area contributed by atoms with Gasteiger partial charge in [0.1, 0.15) is 5.82 Å². The Labute approximate surface area is 163 Å². The van der Waals surface area contributed by atoms with Gasteiger partial charge in [-0.05, 0) is 49.7 Å². The average Bonchev–Trinajstić information content (AvgIpc) is 2.70. The van der Waals surface area contributed by atoms with Crippen molar-refractivity contribution < 1.29 is 4.79 Å². The quantitative estimate of drug-likeness (QED) is 0.739. The lowest BCUT2D eigenvalue weighted by molar-refractivity contribution is -0.121. The van der Waals surface area contributed by atoms with Crippen molar-refractivity contribution >= 4 is 34.2 Å². The lowest BCUT2D eigenvalue weighted by atomic mass is 9.95. The molecule has 1 amide bonds. The molecule has 1 saturated heterocycles. The summed E-state index contributed by atoms with van der Waals surface area (Å²) in [7, 11) is 0. The number of aromatic nitrogens is 2. The number of halogens is 1. The molecule has 0 bridgehead atoms. The minimum atomic E-state index is 0.0179. The molecular weight excluding hydrogens is 360 g/mol. The molecule has 0 aliphatic carbocycles. The summed E-state index contributed by atoms with van der Waals surface area (Å²) >= 11 is 5.83. The van der Waals surface area contributed by atoms with Crippen LogP contribution in [0.4, 0.5) is 5.82 Å². The van der Waals surface area contributed by atoms with Crippen molar-refractivity contribution in [1.29, 1.82) is 0 Å². The van der Waals surface area contributed by atoms with Crippen molar-refractivity contribution in [3.8, 4) is 0 Å². The number of anilines is 1. The number of benzene rings is 1. The monoisotopic (exact) mass is 380 g/mol. The molecule has 0 saturated carbocycles. The van der Waals surface area contributed by atoms with Crippen LogP contribution in [0.2, 0.25) is 5.02 Å². The minimum Gasteiger partial charge on any atom is -0.310 e. The number of amides is 1. The van der Waals surface area contributed by atoms with Gasteiger partial charge >= 0.3 is 0 Å². The van der Waals surface area contributed by atoms with E-state index in [1.54, 1.807) is 12.1 Å². The number of nitrogens with one attached hydrogen (secondary N) is 1. The van der Waals surface area contributed by atoms with E-state index in [1.807, 2.05) is 12.3 Å². The molecule has 1 N–H and O–H groups in total. The number of rotatable bonds is 4. The predicted molar refractivity (Wildman–Crippen MR) is 108 cm³/mol. The third-order valence-electron chi connectivity index (χ3n) is 5.05. The maximum Gasteiger partial charge on any atom is 0.228 e. The first-order valence-corrected chi connectivity index (χ1v) is 9.54. The van der Waals surface area contributed by atoms with Crippen LogP contribution in [0.3, 0.4) is 0 Å². The van der Waals surface area contributed by atoms with Gasteiger partial charge < -0.3 is 5.32 Å². The summed E-state index contributed by atoms with van der Waals surface area (Å²) in [6.07, 6.45) is 5.07. The molecule has 1 aliphatic heterocycles. The summed E-state index contributed by atoms with van der Waals surface area (Å²) in [4.78, 5) is 23.5.